The number of nitrogens with one attached hydrogen (secondary N) is 1. The van der Waals surface area contributed by atoms with Crippen LogP contribution in [-0.4, -0.2) is 41.5 Å². The predicted octanol–water partition coefficient (Wildman–Crippen LogP) is 2.72. The fourth-order valence-electron chi connectivity index (χ4n) is 3.40. The number of carbonyl (C=O) groups is 1. The zero-order chi connectivity index (χ0) is 14.4. The Hall–Kier alpha value is -0.730. The van der Waals surface area contributed by atoms with Crippen LogP contribution in [0.1, 0.15) is 23.3 Å². The van der Waals surface area contributed by atoms with E-state index in [2.05, 4.69) is 43.9 Å². The number of thiophene rings is 1. The lowest BCUT2D eigenvalue weighted by molar-refractivity contribution is 0.0618. The summed E-state index contributed by atoms with van der Waals surface area (Å²) < 4.78 is 2.35. The molecule has 4 nitrogen and oxygen atoms in total. The quantitative estimate of drug-likeness (QED) is 0.771. The molecule has 5 heterocycles. The lowest BCUT2D eigenvalue weighted by Gasteiger charge is -2.44. The van der Waals surface area contributed by atoms with Crippen molar-refractivity contribution in [3.8, 4) is 0 Å². The summed E-state index contributed by atoms with van der Waals surface area (Å²) in [6, 6.07) is 4.31. The van der Waals surface area contributed by atoms with E-state index in [0.717, 1.165) is 16.6 Å². The van der Waals surface area contributed by atoms with Gasteiger partial charge in [-0.25, -0.2) is 0 Å². The van der Waals surface area contributed by atoms with Crippen LogP contribution in [-0.2, 0) is 0 Å². The second-order valence-corrected chi connectivity index (χ2v) is 8.85. The number of carbonyl (C=O) groups excluding carboxylic acids is 1. The Morgan fingerprint density at radius 2 is 2.19 bits per heavy atom. The second-order valence-electron chi connectivity index (χ2n) is 5.88. The summed E-state index contributed by atoms with van der Waals surface area (Å²) in [6.45, 7) is 3.37. The largest absolute Gasteiger partial charge is 0.346 e. The van der Waals surface area contributed by atoms with Crippen molar-refractivity contribution < 1.29 is 4.79 Å². The topological polar surface area (TPSA) is 45.2 Å². The van der Waals surface area contributed by atoms with Gasteiger partial charge in [0.05, 0.1) is 2.88 Å². The molecule has 1 atom stereocenters. The van der Waals surface area contributed by atoms with Gasteiger partial charge >= 0.3 is 0 Å². The molecular weight excluding hydrogens is 397 g/mol. The van der Waals surface area contributed by atoms with Crippen molar-refractivity contribution in [1.29, 1.82) is 0 Å². The first-order chi connectivity index (χ1) is 10.2. The summed E-state index contributed by atoms with van der Waals surface area (Å²) in [5, 5.41) is 4.31. The average Bonchev–Trinajstić information content (AvgIpc) is 2.87. The van der Waals surface area contributed by atoms with Crippen molar-refractivity contribution in [2.24, 2.45) is 5.92 Å². The van der Waals surface area contributed by atoms with Crippen molar-refractivity contribution in [3.05, 3.63) is 26.9 Å². The predicted molar refractivity (Wildman–Crippen MR) is 92.8 cm³/mol. The van der Waals surface area contributed by atoms with E-state index in [-0.39, 0.29) is 5.91 Å². The molecule has 1 N–H and O–H groups in total. The molecule has 5 rings (SSSR count). The fraction of sp³-hybridized carbons (Fsp3) is 0.467. The van der Waals surface area contributed by atoms with Crippen molar-refractivity contribution >= 4 is 49.9 Å². The lowest BCUT2D eigenvalue weighted by Crippen LogP contribution is -2.57. The van der Waals surface area contributed by atoms with Gasteiger partial charge < -0.3 is 10.2 Å². The molecule has 3 aliphatic heterocycles. The molecule has 0 saturated carbocycles. The number of amides is 1. The molecule has 0 radical (unpaired) electrons. The SMILES string of the molecule is O=C(N[C@H]1CN2CCC1CC2)c1cc2sc(I)cc2cn1. The Labute approximate surface area is 141 Å². The standard InChI is InChI=1S/C15H16IN3OS/c16-14-5-10-7-17-11(6-13(10)21-14)15(20)18-12-8-19-3-1-9(12)2-4-19/h5-7,9,12H,1-4,8H2,(H,18,20)/t12-/m0/s1. The van der Waals surface area contributed by atoms with E-state index in [4.69, 9.17) is 0 Å². The third kappa shape index (κ3) is 2.68. The third-order valence-electron chi connectivity index (χ3n) is 4.58. The number of pyridine rings is 1. The molecule has 3 fully saturated rings. The average molecular weight is 413 g/mol. The Kier molecular flexibility index (Phi) is 3.63. The molecule has 1 amide bonds. The molecule has 0 aromatic carbocycles. The number of aromatic nitrogens is 1. The van der Waals surface area contributed by atoms with Crippen LogP contribution in [0.5, 0.6) is 0 Å². The number of hydrogen-bond acceptors (Lipinski definition) is 4. The van der Waals surface area contributed by atoms with E-state index in [9.17, 15) is 4.79 Å². The molecule has 0 unspecified atom stereocenters. The number of hydrogen-bond donors (Lipinski definition) is 1. The molecule has 3 saturated heterocycles. The second kappa shape index (κ2) is 5.48. The van der Waals surface area contributed by atoms with Gasteiger partial charge in [-0.2, -0.15) is 0 Å². The summed E-state index contributed by atoms with van der Waals surface area (Å²) >= 11 is 4.00. The van der Waals surface area contributed by atoms with E-state index in [1.165, 1.54) is 28.8 Å². The summed E-state index contributed by atoms with van der Waals surface area (Å²) in [5.74, 6) is 0.615. The van der Waals surface area contributed by atoms with Gasteiger partial charge in [0.25, 0.3) is 5.91 Å². The van der Waals surface area contributed by atoms with Crippen LogP contribution >= 0.6 is 33.9 Å². The number of nitrogens with zero attached hydrogens (tertiary/aromatic N) is 2. The highest BCUT2D eigenvalue weighted by Gasteiger charge is 2.35. The number of fused-ring (bicyclic) bond motifs is 4. The number of halogens is 1. The van der Waals surface area contributed by atoms with Crippen LogP contribution in [0.15, 0.2) is 18.3 Å². The van der Waals surface area contributed by atoms with Gasteiger partial charge in [-0.15, -0.1) is 11.3 Å². The Bertz CT molecular complexity index is 693. The molecule has 6 heteroatoms. The molecule has 0 aliphatic carbocycles. The van der Waals surface area contributed by atoms with Crippen LogP contribution in [0.3, 0.4) is 0 Å². The first-order valence-corrected chi connectivity index (χ1v) is 9.17. The summed E-state index contributed by atoms with van der Waals surface area (Å²) in [7, 11) is 0. The maximum atomic E-state index is 12.5. The molecule has 21 heavy (non-hydrogen) atoms. The van der Waals surface area contributed by atoms with Gasteiger partial charge in [0, 0.05) is 28.9 Å². The first kappa shape index (κ1) is 13.9. The zero-order valence-electron chi connectivity index (χ0n) is 11.5. The van der Waals surface area contributed by atoms with Gasteiger partial charge in [0.2, 0.25) is 0 Å². The Morgan fingerprint density at radius 3 is 2.90 bits per heavy atom. The van der Waals surface area contributed by atoms with Gasteiger partial charge in [-0.3, -0.25) is 9.78 Å². The molecular formula is C15H16IN3OS. The summed E-state index contributed by atoms with van der Waals surface area (Å²) in [5.41, 5.74) is 0.539. The van der Waals surface area contributed by atoms with Gasteiger partial charge in [0.1, 0.15) is 5.69 Å². The highest BCUT2D eigenvalue weighted by atomic mass is 127. The smallest absolute Gasteiger partial charge is 0.270 e. The van der Waals surface area contributed by atoms with E-state index < -0.39 is 0 Å². The minimum atomic E-state index is -0.0286. The van der Waals surface area contributed by atoms with Crippen molar-refractivity contribution in [3.63, 3.8) is 0 Å². The molecule has 2 aromatic heterocycles. The van der Waals surface area contributed by atoms with Crippen molar-refractivity contribution in [2.75, 3.05) is 19.6 Å². The molecule has 3 aliphatic rings. The van der Waals surface area contributed by atoms with E-state index >= 15 is 0 Å². The number of rotatable bonds is 2. The van der Waals surface area contributed by atoms with Crippen LogP contribution in [0.25, 0.3) is 10.1 Å². The molecule has 2 aromatic rings. The molecule has 2 bridgehead atoms. The first-order valence-electron chi connectivity index (χ1n) is 7.27. The van der Waals surface area contributed by atoms with E-state index in [1.807, 2.05) is 6.07 Å². The maximum Gasteiger partial charge on any atom is 0.270 e. The lowest BCUT2D eigenvalue weighted by atomic mass is 9.84. The normalized spacial score (nSPS) is 28.0. The van der Waals surface area contributed by atoms with Crippen LogP contribution < -0.4 is 5.32 Å². The van der Waals surface area contributed by atoms with Crippen molar-refractivity contribution in [1.82, 2.24) is 15.2 Å². The monoisotopic (exact) mass is 413 g/mol. The van der Waals surface area contributed by atoms with Crippen molar-refractivity contribution in [2.45, 2.75) is 18.9 Å². The van der Waals surface area contributed by atoms with Crippen LogP contribution in [0, 0.1) is 8.80 Å². The van der Waals surface area contributed by atoms with Gasteiger partial charge in [-0.05, 0) is 66.6 Å². The van der Waals surface area contributed by atoms with E-state index in [1.54, 1.807) is 17.5 Å². The third-order valence-corrected chi connectivity index (χ3v) is 6.44. The van der Waals surface area contributed by atoms with Gasteiger partial charge in [-0.1, -0.05) is 0 Å². The Balaban J connectivity index is 1.53. The summed E-state index contributed by atoms with van der Waals surface area (Å²) in [6.07, 6.45) is 4.22. The molecule has 0 spiro atoms. The minimum absolute atomic E-state index is 0.0286. The van der Waals surface area contributed by atoms with Gasteiger partial charge in [0.15, 0.2) is 0 Å². The zero-order valence-corrected chi connectivity index (χ0v) is 14.5. The van der Waals surface area contributed by atoms with E-state index in [0.29, 0.717) is 17.7 Å². The number of piperidine rings is 3. The highest BCUT2D eigenvalue weighted by Crippen LogP contribution is 2.28. The highest BCUT2D eigenvalue weighted by molar-refractivity contribution is 14.1. The van der Waals surface area contributed by atoms with Crippen LogP contribution in [0.2, 0.25) is 0 Å². The molecule has 110 valence electrons. The van der Waals surface area contributed by atoms with Crippen LogP contribution in [0.4, 0.5) is 0 Å². The Morgan fingerprint density at radius 1 is 1.38 bits per heavy atom. The minimum Gasteiger partial charge on any atom is -0.346 e. The maximum absolute atomic E-state index is 12.5. The fourth-order valence-corrected chi connectivity index (χ4v) is 5.24. The summed E-state index contributed by atoms with van der Waals surface area (Å²) in [4.78, 5) is 19.2.